The average Bonchev–Trinajstić information content (AvgIpc) is 3.16. The van der Waals surface area contributed by atoms with E-state index in [1.165, 1.54) is 12.4 Å². The molecule has 2 aromatic carbocycles. The minimum Gasteiger partial charge on any atom is -0.495 e. The molecule has 8 nitrogen and oxygen atoms in total. The predicted octanol–water partition coefficient (Wildman–Crippen LogP) is 3.86. The largest absolute Gasteiger partial charge is 0.495 e. The number of halogens is 1. The van der Waals surface area contributed by atoms with Crippen LogP contribution in [0.4, 0.5) is 17.2 Å². The summed E-state index contributed by atoms with van der Waals surface area (Å²) in [6, 6.07) is 10.4. The van der Waals surface area contributed by atoms with Crippen LogP contribution in [-0.2, 0) is 0 Å². The van der Waals surface area contributed by atoms with E-state index in [0.29, 0.717) is 33.8 Å². The molecule has 4 rings (SSSR count). The highest BCUT2D eigenvalue weighted by atomic mass is 35.5. The van der Waals surface area contributed by atoms with Crippen LogP contribution in [0.2, 0.25) is 5.02 Å². The van der Waals surface area contributed by atoms with Crippen molar-refractivity contribution >= 4 is 34.7 Å². The van der Waals surface area contributed by atoms with Gasteiger partial charge in [-0.05, 0) is 30.3 Å². The summed E-state index contributed by atoms with van der Waals surface area (Å²) in [5.74, 6) is 1.90. The molecule has 0 radical (unpaired) electrons. The maximum atomic E-state index is 12.4. The van der Waals surface area contributed by atoms with E-state index in [9.17, 15) is 4.79 Å². The van der Waals surface area contributed by atoms with Gasteiger partial charge in [0.25, 0.3) is 5.91 Å². The Morgan fingerprint density at radius 3 is 2.64 bits per heavy atom. The monoisotopic (exact) mass is 398 g/mol. The zero-order valence-electron chi connectivity index (χ0n) is 14.7. The Kier molecular flexibility index (Phi) is 4.86. The lowest BCUT2D eigenvalue weighted by atomic mass is 10.2. The molecule has 0 saturated carbocycles. The number of rotatable bonds is 5. The first-order valence-electron chi connectivity index (χ1n) is 8.26. The van der Waals surface area contributed by atoms with Crippen LogP contribution in [-0.4, -0.2) is 29.8 Å². The highest BCUT2D eigenvalue weighted by Crippen LogP contribution is 2.34. The quantitative estimate of drug-likeness (QED) is 0.673. The number of hydrogen-bond acceptors (Lipinski definition) is 7. The van der Waals surface area contributed by atoms with E-state index in [-0.39, 0.29) is 18.4 Å². The Hall–Kier alpha value is -3.52. The molecule has 28 heavy (non-hydrogen) atoms. The van der Waals surface area contributed by atoms with Gasteiger partial charge in [-0.25, -0.2) is 9.97 Å². The maximum absolute atomic E-state index is 12.4. The van der Waals surface area contributed by atoms with Gasteiger partial charge < -0.3 is 24.8 Å². The summed E-state index contributed by atoms with van der Waals surface area (Å²) in [5.41, 5.74) is 1.47. The summed E-state index contributed by atoms with van der Waals surface area (Å²) in [5, 5.41) is 6.29. The highest BCUT2D eigenvalue weighted by Gasteiger charge is 2.15. The number of carbonyl (C=O) groups is 1. The number of fused-ring (bicyclic) bond motifs is 1. The maximum Gasteiger partial charge on any atom is 0.275 e. The number of aromatic nitrogens is 2. The molecule has 1 aromatic heterocycles. The molecule has 2 heterocycles. The van der Waals surface area contributed by atoms with E-state index in [4.69, 9.17) is 25.8 Å². The smallest absolute Gasteiger partial charge is 0.275 e. The molecule has 0 spiro atoms. The van der Waals surface area contributed by atoms with Crippen molar-refractivity contribution in [2.75, 3.05) is 24.5 Å². The lowest BCUT2D eigenvalue weighted by Crippen LogP contribution is -2.14. The van der Waals surface area contributed by atoms with Gasteiger partial charge in [-0.2, -0.15) is 0 Å². The summed E-state index contributed by atoms with van der Waals surface area (Å²) >= 11 is 6.10. The summed E-state index contributed by atoms with van der Waals surface area (Å²) < 4.78 is 15.7. The van der Waals surface area contributed by atoms with Crippen LogP contribution in [0, 0.1) is 0 Å². The normalized spacial score (nSPS) is 11.8. The molecular formula is C19H15ClN4O4. The Bertz CT molecular complexity index is 1030. The van der Waals surface area contributed by atoms with Crippen LogP contribution in [0.5, 0.6) is 17.2 Å². The average molecular weight is 399 g/mol. The van der Waals surface area contributed by atoms with E-state index >= 15 is 0 Å². The molecule has 1 aliphatic rings. The topological polar surface area (TPSA) is 94.6 Å². The fraction of sp³-hybridized carbons (Fsp3) is 0.105. The van der Waals surface area contributed by atoms with Gasteiger partial charge in [0.15, 0.2) is 11.5 Å². The second-order valence-electron chi connectivity index (χ2n) is 5.78. The SMILES string of the molecule is COc1ccc(Nc2cnc(C(=O)Nc3ccc4c(c3)OCO4)cn2)cc1Cl. The number of nitrogens with zero attached hydrogens (tertiary/aromatic N) is 2. The molecule has 3 aromatic rings. The lowest BCUT2D eigenvalue weighted by Gasteiger charge is -2.09. The Morgan fingerprint density at radius 2 is 1.89 bits per heavy atom. The first-order valence-corrected chi connectivity index (χ1v) is 8.64. The number of anilines is 3. The number of amides is 1. The van der Waals surface area contributed by atoms with E-state index in [1.54, 1.807) is 43.5 Å². The molecule has 0 unspecified atom stereocenters. The van der Waals surface area contributed by atoms with Gasteiger partial charge in [0.2, 0.25) is 6.79 Å². The Labute approximate surface area is 165 Å². The number of nitrogens with one attached hydrogen (secondary N) is 2. The van der Waals surface area contributed by atoms with Gasteiger partial charge >= 0.3 is 0 Å². The van der Waals surface area contributed by atoms with Crippen molar-refractivity contribution in [2.45, 2.75) is 0 Å². The van der Waals surface area contributed by atoms with Crippen molar-refractivity contribution in [3.63, 3.8) is 0 Å². The van der Waals surface area contributed by atoms with Gasteiger partial charge in [-0.1, -0.05) is 11.6 Å². The van der Waals surface area contributed by atoms with E-state index in [0.717, 1.165) is 5.69 Å². The van der Waals surface area contributed by atoms with Crippen molar-refractivity contribution < 1.29 is 19.0 Å². The molecule has 9 heteroatoms. The van der Waals surface area contributed by atoms with Gasteiger partial charge in [-0.3, -0.25) is 4.79 Å². The third-order valence-electron chi connectivity index (χ3n) is 3.94. The summed E-state index contributed by atoms with van der Waals surface area (Å²) in [6.07, 6.45) is 2.85. The third kappa shape index (κ3) is 3.77. The zero-order valence-corrected chi connectivity index (χ0v) is 15.5. The van der Waals surface area contributed by atoms with Gasteiger partial charge in [0.1, 0.15) is 17.3 Å². The predicted molar refractivity (Wildman–Crippen MR) is 104 cm³/mol. The lowest BCUT2D eigenvalue weighted by molar-refractivity contribution is 0.102. The molecule has 1 aliphatic heterocycles. The molecule has 0 aliphatic carbocycles. The van der Waals surface area contributed by atoms with Crippen molar-refractivity contribution in [3.8, 4) is 17.2 Å². The molecular weight excluding hydrogens is 384 g/mol. The number of ether oxygens (including phenoxy) is 3. The van der Waals surface area contributed by atoms with Gasteiger partial charge in [0.05, 0.1) is 24.5 Å². The van der Waals surface area contributed by atoms with E-state index < -0.39 is 0 Å². The summed E-state index contributed by atoms with van der Waals surface area (Å²) in [4.78, 5) is 20.7. The number of methoxy groups -OCH3 is 1. The van der Waals surface area contributed by atoms with E-state index in [1.807, 2.05) is 0 Å². The Morgan fingerprint density at radius 1 is 1.07 bits per heavy atom. The number of carbonyl (C=O) groups excluding carboxylic acids is 1. The highest BCUT2D eigenvalue weighted by molar-refractivity contribution is 6.32. The summed E-state index contributed by atoms with van der Waals surface area (Å²) in [6.45, 7) is 0.173. The molecule has 1 amide bonds. The van der Waals surface area contributed by atoms with Crippen LogP contribution < -0.4 is 24.8 Å². The fourth-order valence-corrected chi connectivity index (χ4v) is 2.83. The van der Waals surface area contributed by atoms with E-state index in [2.05, 4.69) is 20.6 Å². The molecule has 0 atom stereocenters. The van der Waals surface area contributed by atoms with Crippen LogP contribution in [0.3, 0.4) is 0 Å². The van der Waals surface area contributed by atoms with Crippen molar-refractivity contribution in [1.82, 2.24) is 9.97 Å². The molecule has 0 fully saturated rings. The fourth-order valence-electron chi connectivity index (χ4n) is 2.57. The van der Waals surface area contributed by atoms with Crippen LogP contribution in [0.15, 0.2) is 48.8 Å². The van der Waals surface area contributed by atoms with Crippen molar-refractivity contribution in [2.24, 2.45) is 0 Å². The molecule has 2 N–H and O–H groups in total. The van der Waals surface area contributed by atoms with Crippen LogP contribution >= 0.6 is 11.6 Å². The zero-order chi connectivity index (χ0) is 19.5. The molecule has 0 bridgehead atoms. The number of benzene rings is 2. The van der Waals surface area contributed by atoms with Gasteiger partial charge in [0, 0.05) is 17.4 Å². The third-order valence-corrected chi connectivity index (χ3v) is 4.23. The molecule has 0 saturated heterocycles. The first-order chi connectivity index (χ1) is 13.6. The van der Waals surface area contributed by atoms with Crippen molar-refractivity contribution in [3.05, 3.63) is 59.5 Å². The molecule has 142 valence electrons. The second kappa shape index (κ2) is 7.61. The minimum absolute atomic E-state index is 0.173. The summed E-state index contributed by atoms with van der Waals surface area (Å²) in [7, 11) is 1.55. The van der Waals surface area contributed by atoms with Crippen molar-refractivity contribution in [1.29, 1.82) is 0 Å². The van der Waals surface area contributed by atoms with Gasteiger partial charge in [-0.15, -0.1) is 0 Å². The number of hydrogen-bond donors (Lipinski definition) is 2. The minimum atomic E-state index is -0.384. The van der Waals surface area contributed by atoms with Crippen LogP contribution in [0.1, 0.15) is 10.5 Å². The Balaban J connectivity index is 1.42. The van der Waals surface area contributed by atoms with Crippen LogP contribution in [0.25, 0.3) is 0 Å². The second-order valence-corrected chi connectivity index (χ2v) is 6.19. The first kappa shape index (κ1) is 17.9. The standard InChI is InChI=1S/C19H15ClN4O4/c1-26-15-4-2-11(6-13(15)20)23-18-9-21-14(8-22-18)19(25)24-12-3-5-16-17(7-12)28-10-27-16/h2-9H,10H2,1H3,(H,22,23)(H,24,25).